The standard InChI is InChI=1S/C54H98N2O5/c1-3-5-7-9-11-13-15-17-19-20-21-22-23-25-27-29-31-33-38-42-48-53(58)61-50(44-39-35-32-30-28-26-24-18-16-14-12-10-8-6-4-2)45-40-36-34-37-41-47-52(57)56-51(54(59)60)46-43-49-55/h6,8,12,14,18,24,28,30,50-51H,3-5,7,9-11,13,15-17,19-23,25-27,29,31-49,55H2,1-2H3,(H,56,57)(H,59,60)/b8-6-,14-12-,24-18-,30-28-. The van der Waals surface area contributed by atoms with Crippen LogP contribution in [0.3, 0.4) is 0 Å². The number of nitrogens with two attached hydrogens (primary N) is 1. The monoisotopic (exact) mass is 855 g/mol. The Morgan fingerprint density at radius 2 is 0.902 bits per heavy atom. The zero-order chi connectivity index (χ0) is 44.5. The number of carboxylic acids is 1. The van der Waals surface area contributed by atoms with Crippen molar-refractivity contribution >= 4 is 17.8 Å². The minimum Gasteiger partial charge on any atom is -0.480 e. The molecule has 0 spiro atoms. The molecule has 354 valence electrons. The number of amides is 1. The highest BCUT2D eigenvalue weighted by atomic mass is 16.5. The van der Waals surface area contributed by atoms with Gasteiger partial charge in [-0.3, -0.25) is 9.59 Å². The van der Waals surface area contributed by atoms with Gasteiger partial charge in [-0.05, 0) is 96.4 Å². The summed E-state index contributed by atoms with van der Waals surface area (Å²) < 4.78 is 6.07. The van der Waals surface area contributed by atoms with Crippen molar-refractivity contribution in [3.05, 3.63) is 48.6 Å². The van der Waals surface area contributed by atoms with E-state index in [0.717, 1.165) is 103 Å². The zero-order valence-corrected chi connectivity index (χ0v) is 40.0. The molecule has 2 unspecified atom stereocenters. The van der Waals surface area contributed by atoms with Crippen molar-refractivity contribution in [2.24, 2.45) is 5.73 Å². The van der Waals surface area contributed by atoms with Gasteiger partial charge in [0, 0.05) is 12.8 Å². The summed E-state index contributed by atoms with van der Waals surface area (Å²) in [7, 11) is 0. The number of hydrogen-bond donors (Lipinski definition) is 3. The highest BCUT2D eigenvalue weighted by Gasteiger charge is 2.19. The molecule has 61 heavy (non-hydrogen) atoms. The first-order chi connectivity index (χ1) is 29.9. The summed E-state index contributed by atoms with van der Waals surface area (Å²) in [5, 5.41) is 12.0. The molecule has 0 bridgehead atoms. The van der Waals surface area contributed by atoms with E-state index in [9.17, 15) is 19.5 Å². The third kappa shape index (κ3) is 45.2. The van der Waals surface area contributed by atoms with Crippen molar-refractivity contribution in [1.82, 2.24) is 5.32 Å². The zero-order valence-electron chi connectivity index (χ0n) is 40.0. The maximum absolute atomic E-state index is 12.9. The number of carbonyl (C=O) groups excluding carboxylic acids is 2. The van der Waals surface area contributed by atoms with Crippen LogP contribution in [0.2, 0.25) is 0 Å². The number of carboxylic acid groups (broad SMARTS) is 1. The topological polar surface area (TPSA) is 119 Å². The van der Waals surface area contributed by atoms with Gasteiger partial charge in [0.15, 0.2) is 0 Å². The van der Waals surface area contributed by atoms with Crippen LogP contribution in [0, 0.1) is 0 Å². The number of rotatable bonds is 47. The van der Waals surface area contributed by atoms with Gasteiger partial charge in [-0.25, -0.2) is 4.79 Å². The van der Waals surface area contributed by atoms with Gasteiger partial charge in [0.05, 0.1) is 0 Å². The Morgan fingerprint density at radius 3 is 1.36 bits per heavy atom. The summed E-state index contributed by atoms with van der Waals surface area (Å²) in [4.78, 5) is 36.6. The summed E-state index contributed by atoms with van der Waals surface area (Å²) in [6.45, 7) is 4.85. The lowest BCUT2D eigenvalue weighted by molar-refractivity contribution is -0.150. The summed E-state index contributed by atoms with van der Waals surface area (Å²) in [6, 6.07) is -0.863. The molecule has 0 aliphatic rings. The first-order valence-corrected chi connectivity index (χ1v) is 26.0. The fraction of sp³-hybridized carbons (Fsp3) is 0.796. The molecule has 0 saturated carbocycles. The largest absolute Gasteiger partial charge is 0.480 e. The van der Waals surface area contributed by atoms with Gasteiger partial charge in [0.2, 0.25) is 5.91 Å². The highest BCUT2D eigenvalue weighted by molar-refractivity contribution is 5.83. The summed E-state index contributed by atoms with van der Waals surface area (Å²) in [6.07, 6.45) is 60.3. The number of aliphatic carboxylic acids is 1. The molecular weight excluding hydrogens is 757 g/mol. The van der Waals surface area contributed by atoms with Gasteiger partial charge in [0.1, 0.15) is 12.1 Å². The van der Waals surface area contributed by atoms with Crippen LogP contribution in [0.5, 0.6) is 0 Å². The summed E-state index contributed by atoms with van der Waals surface area (Å²) in [5.41, 5.74) is 5.50. The van der Waals surface area contributed by atoms with E-state index in [1.54, 1.807) is 0 Å². The molecule has 4 N–H and O–H groups in total. The van der Waals surface area contributed by atoms with Crippen LogP contribution in [0.25, 0.3) is 0 Å². The van der Waals surface area contributed by atoms with Crippen LogP contribution < -0.4 is 11.1 Å². The Hall–Kier alpha value is -2.67. The normalized spacial score (nSPS) is 13.0. The van der Waals surface area contributed by atoms with Gasteiger partial charge in [-0.15, -0.1) is 0 Å². The second kappa shape index (κ2) is 48.4. The maximum Gasteiger partial charge on any atom is 0.326 e. The average Bonchev–Trinajstić information content (AvgIpc) is 3.25. The molecule has 0 heterocycles. The van der Waals surface area contributed by atoms with Gasteiger partial charge in [0.25, 0.3) is 0 Å². The van der Waals surface area contributed by atoms with Crippen molar-refractivity contribution in [3.63, 3.8) is 0 Å². The highest BCUT2D eigenvalue weighted by Crippen LogP contribution is 2.19. The number of esters is 1. The van der Waals surface area contributed by atoms with Crippen LogP contribution in [0.15, 0.2) is 48.6 Å². The van der Waals surface area contributed by atoms with Crippen LogP contribution in [0.1, 0.15) is 258 Å². The van der Waals surface area contributed by atoms with Gasteiger partial charge in [-0.1, -0.05) is 204 Å². The Kier molecular flexibility index (Phi) is 46.2. The number of carbonyl (C=O) groups is 3. The quantitative estimate of drug-likeness (QED) is 0.0319. The summed E-state index contributed by atoms with van der Waals surface area (Å²) in [5.74, 6) is -1.25. The molecule has 1 amide bonds. The number of ether oxygens (including phenoxy) is 1. The predicted molar refractivity (Wildman–Crippen MR) is 262 cm³/mol. The SMILES string of the molecule is CC/C=C\C/C=C\C/C=C\C/C=C\CCCCC(CCCCCCCC(=O)NC(CCCN)C(=O)O)OC(=O)CCCCCCCCCCCCCCCCCCCCCC. The fourth-order valence-corrected chi connectivity index (χ4v) is 7.80. The smallest absolute Gasteiger partial charge is 0.326 e. The van der Waals surface area contributed by atoms with Crippen LogP contribution in [0.4, 0.5) is 0 Å². The lowest BCUT2D eigenvalue weighted by Gasteiger charge is -2.18. The number of hydrogen-bond acceptors (Lipinski definition) is 5. The van der Waals surface area contributed by atoms with Gasteiger partial charge >= 0.3 is 11.9 Å². The molecule has 0 rings (SSSR count). The molecule has 0 aromatic heterocycles. The molecule has 7 nitrogen and oxygen atoms in total. The first kappa shape index (κ1) is 58.3. The molecule has 0 aromatic carbocycles. The molecule has 0 aliphatic heterocycles. The minimum absolute atomic E-state index is 0.0257. The van der Waals surface area contributed by atoms with E-state index in [2.05, 4.69) is 67.8 Å². The van der Waals surface area contributed by atoms with Crippen molar-refractivity contribution in [2.45, 2.75) is 270 Å². The van der Waals surface area contributed by atoms with E-state index >= 15 is 0 Å². The average molecular weight is 855 g/mol. The van der Waals surface area contributed by atoms with E-state index in [-0.39, 0.29) is 18.0 Å². The molecular formula is C54H98N2O5. The van der Waals surface area contributed by atoms with Crippen LogP contribution in [-0.2, 0) is 19.1 Å². The molecule has 0 saturated heterocycles. The molecule has 0 aromatic rings. The molecule has 7 heteroatoms. The molecule has 0 fully saturated rings. The number of unbranched alkanes of at least 4 members (excludes halogenated alkanes) is 25. The van der Waals surface area contributed by atoms with Gasteiger partial charge in [-0.2, -0.15) is 0 Å². The maximum atomic E-state index is 12.9. The minimum atomic E-state index is -1.01. The third-order valence-corrected chi connectivity index (χ3v) is 11.7. The van der Waals surface area contributed by atoms with E-state index in [1.807, 2.05) is 0 Å². The van der Waals surface area contributed by atoms with E-state index in [0.29, 0.717) is 32.2 Å². The van der Waals surface area contributed by atoms with Crippen molar-refractivity contribution in [3.8, 4) is 0 Å². The number of allylic oxidation sites excluding steroid dienone is 8. The Bertz CT molecular complexity index is 1100. The lowest BCUT2D eigenvalue weighted by Crippen LogP contribution is -2.40. The van der Waals surface area contributed by atoms with Crippen molar-refractivity contribution in [1.29, 1.82) is 0 Å². The second-order valence-electron chi connectivity index (χ2n) is 17.6. The first-order valence-electron chi connectivity index (χ1n) is 26.0. The Morgan fingerprint density at radius 1 is 0.492 bits per heavy atom. The van der Waals surface area contributed by atoms with Gasteiger partial charge < -0.3 is 20.9 Å². The molecule has 0 radical (unpaired) electrons. The van der Waals surface area contributed by atoms with E-state index in [1.165, 1.54) is 116 Å². The predicted octanol–water partition coefficient (Wildman–Crippen LogP) is 15.5. The molecule has 0 aliphatic carbocycles. The third-order valence-electron chi connectivity index (χ3n) is 11.7. The lowest BCUT2D eigenvalue weighted by atomic mass is 10.0. The summed E-state index contributed by atoms with van der Waals surface area (Å²) >= 11 is 0. The molecule has 2 atom stereocenters. The van der Waals surface area contributed by atoms with Crippen LogP contribution >= 0.6 is 0 Å². The van der Waals surface area contributed by atoms with E-state index < -0.39 is 12.0 Å². The Balaban J connectivity index is 4.31. The fourth-order valence-electron chi connectivity index (χ4n) is 7.80. The Labute approximate surface area is 377 Å². The second-order valence-corrected chi connectivity index (χ2v) is 17.6. The van der Waals surface area contributed by atoms with Crippen molar-refractivity contribution < 1.29 is 24.2 Å². The number of nitrogens with one attached hydrogen (secondary N) is 1. The van der Waals surface area contributed by atoms with Crippen molar-refractivity contribution in [2.75, 3.05) is 6.54 Å². The van der Waals surface area contributed by atoms with Crippen LogP contribution in [-0.4, -0.2) is 41.6 Å². The van der Waals surface area contributed by atoms with E-state index in [4.69, 9.17) is 10.5 Å².